The van der Waals surface area contributed by atoms with Gasteiger partial charge in [0.05, 0.1) is 11.7 Å². The Bertz CT molecular complexity index is 490. The van der Waals surface area contributed by atoms with Gasteiger partial charge < -0.3 is 21.1 Å². The van der Waals surface area contributed by atoms with Crippen molar-refractivity contribution >= 4 is 17.3 Å². The lowest BCUT2D eigenvalue weighted by Crippen LogP contribution is -2.26. The molecule has 0 aromatic heterocycles. The predicted molar refractivity (Wildman–Crippen MR) is 85.5 cm³/mol. The zero-order valence-corrected chi connectivity index (χ0v) is 12.8. The number of benzene rings is 1. The molecule has 21 heavy (non-hydrogen) atoms. The molecular weight excluding hydrogens is 266 g/mol. The molecule has 1 aliphatic rings. The number of carbonyl (C=O) groups excluding carboxylic acids is 1. The second kappa shape index (κ2) is 7.31. The maximum Gasteiger partial charge on any atom is 0.253 e. The average molecular weight is 291 g/mol. The van der Waals surface area contributed by atoms with Gasteiger partial charge in [-0.15, -0.1) is 0 Å². The van der Waals surface area contributed by atoms with Crippen molar-refractivity contribution in [3.63, 3.8) is 0 Å². The normalized spacial score (nSPS) is 21.2. The van der Waals surface area contributed by atoms with Gasteiger partial charge in [-0.05, 0) is 38.0 Å². The molecule has 5 heteroatoms. The molecule has 116 valence electrons. The number of ether oxygens (including phenoxy) is 1. The van der Waals surface area contributed by atoms with Crippen LogP contribution in [-0.2, 0) is 4.74 Å². The molecule has 1 aliphatic heterocycles. The number of amides is 1. The second-order valence-corrected chi connectivity index (χ2v) is 5.41. The molecule has 0 spiro atoms. The van der Waals surface area contributed by atoms with Crippen LogP contribution in [-0.4, -0.2) is 31.7 Å². The highest BCUT2D eigenvalue weighted by Crippen LogP contribution is 2.25. The van der Waals surface area contributed by atoms with Crippen LogP contribution in [0.25, 0.3) is 0 Å². The maximum atomic E-state index is 12.1. The van der Waals surface area contributed by atoms with Crippen LogP contribution in [0.4, 0.5) is 11.4 Å². The van der Waals surface area contributed by atoms with Gasteiger partial charge in [-0.2, -0.15) is 0 Å². The average Bonchev–Trinajstić information content (AvgIpc) is 2.92. The van der Waals surface area contributed by atoms with Crippen LogP contribution in [0.1, 0.15) is 37.0 Å². The number of nitrogens with one attached hydrogen (secondary N) is 2. The molecule has 2 unspecified atom stereocenters. The van der Waals surface area contributed by atoms with Gasteiger partial charge in [-0.1, -0.05) is 6.92 Å². The molecule has 1 aromatic rings. The zero-order valence-electron chi connectivity index (χ0n) is 12.8. The standard InChI is InChI=1S/C16H25N3O2/c1-3-15-11(7-8-21-15)10-19-14-9-12(17)5-6-13(14)16(20)18-4-2/h5-6,9,11,15,19H,3-4,7-8,10,17H2,1-2H3,(H,18,20). The number of anilines is 2. The third-order valence-electron chi connectivity index (χ3n) is 3.93. The van der Waals surface area contributed by atoms with Gasteiger partial charge in [0.2, 0.25) is 0 Å². The van der Waals surface area contributed by atoms with Gasteiger partial charge in [0.15, 0.2) is 0 Å². The first-order valence-corrected chi connectivity index (χ1v) is 7.68. The molecule has 1 heterocycles. The van der Waals surface area contributed by atoms with E-state index in [-0.39, 0.29) is 5.91 Å². The topological polar surface area (TPSA) is 76.4 Å². The van der Waals surface area contributed by atoms with E-state index in [0.717, 1.165) is 31.7 Å². The number of nitrogens with two attached hydrogens (primary N) is 1. The van der Waals surface area contributed by atoms with E-state index in [1.54, 1.807) is 12.1 Å². The first-order chi connectivity index (χ1) is 10.2. The quantitative estimate of drug-likeness (QED) is 0.703. The Morgan fingerprint density at radius 1 is 1.43 bits per heavy atom. The molecule has 1 saturated heterocycles. The molecule has 0 aliphatic carbocycles. The van der Waals surface area contributed by atoms with Crippen molar-refractivity contribution in [3.05, 3.63) is 23.8 Å². The zero-order chi connectivity index (χ0) is 15.2. The third-order valence-corrected chi connectivity index (χ3v) is 3.93. The van der Waals surface area contributed by atoms with E-state index >= 15 is 0 Å². The van der Waals surface area contributed by atoms with Gasteiger partial charge in [0.25, 0.3) is 5.91 Å². The SMILES string of the molecule is CCNC(=O)c1ccc(N)cc1NCC1CCOC1CC. The smallest absolute Gasteiger partial charge is 0.253 e. The monoisotopic (exact) mass is 291 g/mol. The van der Waals surface area contributed by atoms with Gasteiger partial charge in [-0.3, -0.25) is 4.79 Å². The Kier molecular flexibility index (Phi) is 5.44. The Morgan fingerprint density at radius 2 is 2.24 bits per heavy atom. The Morgan fingerprint density at radius 3 is 2.95 bits per heavy atom. The molecule has 5 nitrogen and oxygen atoms in total. The minimum atomic E-state index is -0.0743. The van der Waals surface area contributed by atoms with E-state index in [1.165, 1.54) is 0 Å². The van der Waals surface area contributed by atoms with Crippen molar-refractivity contribution in [1.29, 1.82) is 0 Å². The molecule has 2 rings (SSSR count). The van der Waals surface area contributed by atoms with E-state index in [4.69, 9.17) is 10.5 Å². The van der Waals surface area contributed by atoms with Crippen molar-refractivity contribution < 1.29 is 9.53 Å². The fourth-order valence-electron chi connectivity index (χ4n) is 2.78. The van der Waals surface area contributed by atoms with Crippen molar-refractivity contribution in [3.8, 4) is 0 Å². The van der Waals surface area contributed by atoms with Crippen molar-refractivity contribution in [2.45, 2.75) is 32.8 Å². The molecule has 0 saturated carbocycles. The highest BCUT2D eigenvalue weighted by molar-refractivity contribution is 6.00. The number of nitrogen functional groups attached to an aromatic ring is 1. The fourth-order valence-corrected chi connectivity index (χ4v) is 2.78. The van der Waals surface area contributed by atoms with Crippen LogP contribution in [0.15, 0.2) is 18.2 Å². The summed E-state index contributed by atoms with van der Waals surface area (Å²) < 4.78 is 5.70. The molecule has 1 fully saturated rings. The number of rotatable bonds is 6. The maximum absolute atomic E-state index is 12.1. The molecule has 0 bridgehead atoms. The minimum absolute atomic E-state index is 0.0743. The lowest BCUT2D eigenvalue weighted by molar-refractivity contribution is 0.0900. The summed E-state index contributed by atoms with van der Waals surface area (Å²) in [7, 11) is 0. The first-order valence-electron chi connectivity index (χ1n) is 7.68. The molecule has 0 radical (unpaired) electrons. The van der Waals surface area contributed by atoms with E-state index < -0.39 is 0 Å². The Labute approximate surface area is 126 Å². The number of hydrogen-bond acceptors (Lipinski definition) is 4. The van der Waals surface area contributed by atoms with Crippen LogP contribution in [0.5, 0.6) is 0 Å². The molecule has 4 N–H and O–H groups in total. The number of carbonyl (C=O) groups is 1. The lowest BCUT2D eigenvalue weighted by atomic mass is 9.99. The highest BCUT2D eigenvalue weighted by atomic mass is 16.5. The molecule has 2 atom stereocenters. The lowest BCUT2D eigenvalue weighted by Gasteiger charge is -2.19. The summed E-state index contributed by atoms with van der Waals surface area (Å²) in [4.78, 5) is 12.1. The van der Waals surface area contributed by atoms with Crippen molar-refractivity contribution in [2.75, 3.05) is 30.7 Å². The summed E-state index contributed by atoms with van der Waals surface area (Å²) in [5, 5.41) is 6.20. The minimum Gasteiger partial charge on any atom is -0.399 e. The van der Waals surface area contributed by atoms with Crippen LogP contribution in [0.2, 0.25) is 0 Å². The summed E-state index contributed by atoms with van der Waals surface area (Å²) in [5.41, 5.74) is 7.93. The summed E-state index contributed by atoms with van der Waals surface area (Å²) in [6, 6.07) is 5.34. The predicted octanol–water partition coefficient (Wildman–Crippen LogP) is 2.25. The largest absolute Gasteiger partial charge is 0.399 e. The van der Waals surface area contributed by atoms with Crippen LogP contribution >= 0.6 is 0 Å². The third kappa shape index (κ3) is 3.88. The van der Waals surface area contributed by atoms with Crippen LogP contribution in [0.3, 0.4) is 0 Å². The molecule has 1 aromatic carbocycles. The van der Waals surface area contributed by atoms with Gasteiger partial charge in [-0.25, -0.2) is 0 Å². The molecular formula is C16H25N3O2. The van der Waals surface area contributed by atoms with Crippen molar-refractivity contribution in [1.82, 2.24) is 5.32 Å². The fraction of sp³-hybridized carbons (Fsp3) is 0.562. The van der Waals surface area contributed by atoms with E-state index in [9.17, 15) is 4.79 Å². The summed E-state index contributed by atoms with van der Waals surface area (Å²) >= 11 is 0. The van der Waals surface area contributed by atoms with E-state index in [1.807, 2.05) is 13.0 Å². The summed E-state index contributed by atoms with van der Waals surface area (Å²) in [6.45, 7) is 6.28. The molecule has 1 amide bonds. The Balaban J connectivity index is 2.07. The summed E-state index contributed by atoms with van der Waals surface area (Å²) in [6.07, 6.45) is 2.39. The highest BCUT2D eigenvalue weighted by Gasteiger charge is 2.26. The van der Waals surface area contributed by atoms with E-state index in [0.29, 0.717) is 29.8 Å². The van der Waals surface area contributed by atoms with Gasteiger partial charge >= 0.3 is 0 Å². The van der Waals surface area contributed by atoms with Crippen LogP contribution in [0, 0.1) is 5.92 Å². The van der Waals surface area contributed by atoms with Crippen molar-refractivity contribution in [2.24, 2.45) is 5.92 Å². The van der Waals surface area contributed by atoms with E-state index in [2.05, 4.69) is 17.6 Å². The Hall–Kier alpha value is -1.75. The van der Waals surface area contributed by atoms with Crippen LogP contribution < -0.4 is 16.4 Å². The second-order valence-electron chi connectivity index (χ2n) is 5.41. The first kappa shape index (κ1) is 15.6. The van der Waals surface area contributed by atoms with Gasteiger partial charge in [0, 0.05) is 37.0 Å². The van der Waals surface area contributed by atoms with Gasteiger partial charge in [0.1, 0.15) is 0 Å². The summed E-state index contributed by atoms with van der Waals surface area (Å²) in [5.74, 6) is 0.410. The number of hydrogen-bond donors (Lipinski definition) is 3.